The number of ether oxygens (including phenoxy) is 3. The second kappa shape index (κ2) is 25.9. The number of carbonyl (C=O) groups is 6. The zero-order valence-electron chi connectivity index (χ0n) is 41.0. The number of rotatable bonds is 21. The summed E-state index contributed by atoms with van der Waals surface area (Å²) in [7, 11) is 0. The number of nitro benzene ring substituents is 3. The molecule has 3 aromatic rings. The first-order chi connectivity index (χ1) is 35.5. The van der Waals surface area contributed by atoms with E-state index in [1.165, 1.54) is 72.8 Å². The molecule has 3 aromatic carbocycles. The molecule has 3 aliphatic rings. The Balaban J connectivity index is 0.000000243. The third-order valence-corrected chi connectivity index (χ3v) is 13.6. The number of hydrogen-bond acceptors (Lipinski definition) is 21. The number of ketones is 3. The lowest BCUT2D eigenvalue weighted by molar-refractivity contribution is -0.486. The van der Waals surface area contributed by atoms with E-state index in [9.17, 15) is 89.5 Å². The van der Waals surface area contributed by atoms with Gasteiger partial charge in [-0.1, -0.05) is 54.6 Å². The summed E-state index contributed by atoms with van der Waals surface area (Å²) in [6.45, 7) is 2.43. The average Bonchev–Trinajstić information content (AvgIpc) is 4.08. The van der Waals surface area contributed by atoms with Crippen LogP contribution < -0.4 is 0 Å². The first kappa shape index (κ1) is 59.0. The minimum atomic E-state index is -1.75. The predicted molar refractivity (Wildman–Crippen MR) is 257 cm³/mol. The molecule has 0 aliphatic heterocycles. The van der Waals surface area contributed by atoms with Crippen molar-refractivity contribution >= 4 is 52.3 Å². The van der Waals surface area contributed by atoms with Crippen LogP contribution in [0.5, 0.6) is 0 Å². The number of esters is 3. The van der Waals surface area contributed by atoms with Gasteiger partial charge in [-0.3, -0.25) is 89.5 Å². The maximum absolute atomic E-state index is 12.6. The summed E-state index contributed by atoms with van der Waals surface area (Å²) < 4.78 is 15.1. The Morgan fingerprint density at radius 1 is 0.440 bits per heavy atom. The van der Waals surface area contributed by atoms with E-state index in [2.05, 4.69) is 0 Å². The first-order valence-corrected chi connectivity index (χ1v) is 23.7. The van der Waals surface area contributed by atoms with E-state index in [0.717, 1.165) is 0 Å². The standard InChI is InChI=1S/3C16H18N2O7/c3*1-2-25-15(20)16(9-5-8-14(16)19)12(10-17(21)22)11-6-3-4-7-13(11)18(23)24/h3*3-4,6-7,12H,2,5,8-10H2,1H3/t3*12-,16-/m000/s1. The highest BCUT2D eigenvalue weighted by atomic mass is 16.6. The van der Waals surface area contributed by atoms with Crippen molar-refractivity contribution in [1.82, 2.24) is 0 Å². The van der Waals surface area contributed by atoms with Crippen molar-refractivity contribution in [2.45, 2.75) is 96.3 Å². The van der Waals surface area contributed by atoms with E-state index < -0.39 is 118 Å². The van der Waals surface area contributed by atoms with E-state index in [1.54, 1.807) is 20.8 Å². The third kappa shape index (κ3) is 12.6. The maximum Gasteiger partial charge on any atom is 0.320 e. The Hall–Kier alpha value is -8.52. The maximum atomic E-state index is 12.6. The topological polar surface area (TPSA) is 389 Å². The molecule has 27 nitrogen and oxygen atoms in total. The van der Waals surface area contributed by atoms with Crippen molar-refractivity contribution < 1.29 is 72.5 Å². The van der Waals surface area contributed by atoms with Crippen molar-refractivity contribution in [3.63, 3.8) is 0 Å². The lowest BCUT2D eigenvalue weighted by Crippen LogP contribution is -2.45. The number of nitrogens with zero attached hydrogens (tertiary/aromatic N) is 6. The molecule has 6 atom stereocenters. The largest absolute Gasteiger partial charge is 0.465 e. The smallest absolute Gasteiger partial charge is 0.320 e. The van der Waals surface area contributed by atoms with Gasteiger partial charge in [0.15, 0.2) is 17.3 Å². The molecule has 0 bridgehead atoms. The molecule has 402 valence electrons. The van der Waals surface area contributed by atoms with E-state index >= 15 is 0 Å². The van der Waals surface area contributed by atoms with Crippen LogP contribution in [0.2, 0.25) is 0 Å². The molecule has 3 fully saturated rings. The number of Topliss-reactive ketones (excluding diaryl/α,β-unsaturated/α-hetero) is 3. The van der Waals surface area contributed by atoms with Gasteiger partial charge in [0.25, 0.3) is 17.1 Å². The van der Waals surface area contributed by atoms with Crippen LogP contribution in [-0.2, 0) is 43.0 Å². The summed E-state index contributed by atoms with van der Waals surface area (Å²) in [5.41, 5.74) is -6.29. The van der Waals surface area contributed by atoms with E-state index in [4.69, 9.17) is 14.2 Å². The van der Waals surface area contributed by atoms with Crippen LogP contribution in [0.25, 0.3) is 0 Å². The molecular formula is C48H54N6O21. The molecule has 0 saturated heterocycles. The van der Waals surface area contributed by atoms with E-state index in [0.29, 0.717) is 19.3 Å². The number of benzene rings is 3. The number of para-hydroxylation sites is 3. The van der Waals surface area contributed by atoms with Crippen molar-refractivity contribution in [2.24, 2.45) is 16.2 Å². The molecule has 27 heteroatoms. The molecule has 0 heterocycles. The molecule has 0 spiro atoms. The van der Waals surface area contributed by atoms with Crippen LogP contribution in [0.15, 0.2) is 72.8 Å². The highest BCUT2D eigenvalue weighted by Gasteiger charge is 2.61. The molecule has 0 N–H and O–H groups in total. The minimum absolute atomic E-state index is 0.00695. The highest BCUT2D eigenvalue weighted by molar-refractivity contribution is 6.08. The van der Waals surface area contributed by atoms with Gasteiger partial charge in [-0.25, -0.2) is 0 Å². The molecular weight excluding hydrogens is 997 g/mol. The zero-order chi connectivity index (χ0) is 55.8. The molecule has 6 rings (SSSR count). The highest BCUT2D eigenvalue weighted by Crippen LogP contribution is 2.52. The minimum Gasteiger partial charge on any atom is -0.465 e. The Labute approximate surface area is 426 Å². The van der Waals surface area contributed by atoms with Gasteiger partial charge in [-0.15, -0.1) is 0 Å². The Bertz CT molecular complexity index is 2440. The van der Waals surface area contributed by atoms with Crippen LogP contribution in [0.3, 0.4) is 0 Å². The molecule has 0 aromatic heterocycles. The quantitative estimate of drug-likeness (QED) is 0.0349. The molecule has 3 saturated carbocycles. The van der Waals surface area contributed by atoms with Crippen LogP contribution in [0.1, 0.15) is 113 Å². The summed E-state index contributed by atoms with van der Waals surface area (Å²) in [4.78, 5) is 139. The average molecular weight is 1050 g/mol. The Morgan fingerprint density at radius 3 is 0.840 bits per heavy atom. The summed E-state index contributed by atoms with van der Waals surface area (Å²) in [6.07, 6.45) is 1.65. The Kier molecular flexibility index (Phi) is 20.4. The number of carbonyl (C=O) groups excluding carboxylic acids is 6. The first-order valence-electron chi connectivity index (χ1n) is 23.7. The summed E-state index contributed by atoms with van der Waals surface area (Å²) in [6, 6.07) is 16.5. The molecule has 0 unspecified atom stereocenters. The van der Waals surface area contributed by atoms with Gasteiger partial charge in [0.1, 0.15) is 16.2 Å². The van der Waals surface area contributed by atoms with Crippen LogP contribution >= 0.6 is 0 Å². The number of hydrogen-bond donors (Lipinski definition) is 0. The van der Waals surface area contributed by atoms with E-state index in [-0.39, 0.29) is 92.1 Å². The van der Waals surface area contributed by atoms with Crippen molar-refractivity contribution in [1.29, 1.82) is 0 Å². The summed E-state index contributed by atoms with van der Waals surface area (Å²) in [5.74, 6) is -7.68. The zero-order valence-corrected chi connectivity index (χ0v) is 41.0. The third-order valence-electron chi connectivity index (χ3n) is 13.6. The molecule has 75 heavy (non-hydrogen) atoms. The van der Waals surface area contributed by atoms with Gasteiger partial charge in [0.05, 0.1) is 52.3 Å². The van der Waals surface area contributed by atoms with Gasteiger partial charge >= 0.3 is 17.9 Å². The molecule has 3 aliphatic carbocycles. The van der Waals surface area contributed by atoms with E-state index in [1.807, 2.05) is 0 Å². The van der Waals surface area contributed by atoms with Crippen LogP contribution in [-0.4, -0.2) is 104 Å². The molecule has 0 radical (unpaired) electrons. The normalized spacial score (nSPS) is 20.9. The SMILES string of the molecule is CCOC(=O)[C@]1([C@@H](C[N+](=O)[O-])c2ccccc2[N+](=O)[O-])CCCC1=O.CCOC(=O)[C@]1([C@@H](C[N+](=O)[O-])c2ccccc2[N+](=O)[O-])CCCC1=O.CCOC(=O)[C@]1([C@@H](C[N+](=O)[O-])c2ccccc2[N+](=O)[O-])CCCC1=O. The summed E-state index contributed by atoms with van der Waals surface area (Å²) in [5, 5.41) is 67.7. The van der Waals surface area contributed by atoms with Gasteiger partial charge in [0, 0.05) is 68.9 Å². The predicted octanol–water partition coefficient (Wildman–Crippen LogP) is 6.77. The lowest BCUT2D eigenvalue weighted by Gasteiger charge is -2.31. The summed E-state index contributed by atoms with van der Waals surface area (Å²) >= 11 is 0. The van der Waals surface area contributed by atoms with Crippen LogP contribution in [0.4, 0.5) is 17.1 Å². The van der Waals surface area contributed by atoms with Crippen molar-refractivity contribution in [2.75, 3.05) is 39.5 Å². The van der Waals surface area contributed by atoms with Crippen molar-refractivity contribution in [3.05, 3.63) is 150 Å². The lowest BCUT2D eigenvalue weighted by atomic mass is 9.69. The van der Waals surface area contributed by atoms with Gasteiger partial charge in [-0.2, -0.15) is 0 Å². The van der Waals surface area contributed by atoms with Gasteiger partial charge < -0.3 is 14.2 Å². The number of nitro groups is 6. The second-order valence-electron chi connectivity index (χ2n) is 17.6. The fourth-order valence-electron chi connectivity index (χ4n) is 10.5. The Morgan fingerprint density at radius 2 is 0.667 bits per heavy atom. The molecule has 0 amide bonds. The van der Waals surface area contributed by atoms with Crippen LogP contribution in [0, 0.1) is 76.9 Å². The fraction of sp³-hybridized carbons (Fsp3) is 0.500. The monoisotopic (exact) mass is 1050 g/mol. The fourth-order valence-corrected chi connectivity index (χ4v) is 10.5. The second-order valence-corrected chi connectivity index (χ2v) is 17.6. The van der Waals surface area contributed by atoms with Gasteiger partial charge in [0.2, 0.25) is 19.6 Å². The van der Waals surface area contributed by atoms with Crippen molar-refractivity contribution in [3.8, 4) is 0 Å². The van der Waals surface area contributed by atoms with Gasteiger partial charge in [-0.05, 0) is 59.3 Å².